The number of nitrogens with zero attached hydrogens (tertiary/aromatic N) is 1. The van der Waals surface area contributed by atoms with Crippen molar-refractivity contribution < 1.29 is 19.5 Å². The summed E-state index contributed by atoms with van der Waals surface area (Å²) >= 11 is 0. The monoisotopic (exact) mass is 244 g/mol. The molecule has 0 aliphatic carbocycles. The van der Waals surface area contributed by atoms with Crippen molar-refractivity contribution in [3.05, 3.63) is 34.1 Å². The lowest BCUT2D eigenvalue weighted by Crippen LogP contribution is -2.43. The van der Waals surface area contributed by atoms with Crippen molar-refractivity contribution in [3.8, 4) is 0 Å². The topological polar surface area (TPSA) is 95.6 Å². The summed E-state index contributed by atoms with van der Waals surface area (Å²) in [7, 11) is 0. The van der Waals surface area contributed by atoms with Crippen LogP contribution in [-0.2, 0) is 0 Å². The third-order valence-corrected chi connectivity index (χ3v) is 2.31. The number of hydrogen-bond acceptors (Lipinski definition) is 5. The minimum absolute atomic E-state index is 0.344. The van der Waals surface area contributed by atoms with E-state index in [2.05, 4.69) is 5.32 Å². The van der Waals surface area contributed by atoms with Crippen LogP contribution in [0.1, 0.15) is 6.92 Å². The van der Waals surface area contributed by atoms with Crippen molar-refractivity contribution in [2.45, 2.75) is 12.5 Å². The zero-order valence-electron chi connectivity index (χ0n) is 9.18. The summed E-state index contributed by atoms with van der Waals surface area (Å²) in [5.74, 6) is -0.813. The number of rotatable bonds is 5. The van der Waals surface area contributed by atoms with Crippen LogP contribution in [0.25, 0.3) is 0 Å². The Morgan fingerprint density at radius 2 is 2.06 bits per heavy atom. The van der Waals surface area contributed by atoms with Crippen LogP contribution in [0.15, 0.2) is 18.2 Å². The van der Waals surface area contributed by atoms with Crippen LogP contribution in [0.2, 0.25) is 0 Å². The molecule has 0 fully saturated rings. The van der Waals surface area contributed by atoms with Gasteiger partial charge in [-0.25, -0.2) is 4.39 Å². The van der Waals surface area contributed by atoms with Crippen LogP contribution in [0, 0.1) is 15.9 Å². The second-order valence-corrected chi connectivity index (χ2v) is 3.89. The van der Waals surface area contributed by atoms with Crippen LogP contribution in [0.3, 0.4) is 0 Å². The van der Waals surface area contributed by atoms with Crippen molar-refractivity contribution in [3.63, 3.8) is 0 Å². The second-order valence-electron chi connectivity index (χ2n) is 3.89. The molecule has 94 valence electrons. The van der Waals surface area contributed by atoms with E-state index in [0.29, 0.717) is 0 Å². The van der Waals surface area contributed by atoms with Crippen molar-refractivity contribution in [1.29, 1.82) is 0 Å². The molecule has 0 saturated carbocycles. The van der Waals surface area contributed by atoms with Gasteiger partial charge in [0.05, 0.1) is 23.7 Å². The first-order valence-corrected chi connectivity index (χ1v) is 4.86. The van der Waals surface area contributed by atoms with E-state index in [1.54, 1.807) is 0 Å². The molecule has 3 N–H and O–H groups in total. The predicted octanol–water partition coefficient (Wildman–Crippen LogP) is 0.889. The number of anilines is 1. The number of aliphatic hydroxyl groups is 2. The third-order valence-electron chi connectivity index (χ3n) is 2.31. The molecule has 0 aliphatic rings. The Bertz CT molecular complexity index is 421. The average Bonchev–Trinajstić information content (AvgIpc) is 2.31. The van der Waals surface area contributed by atoms with Gasteiger partial charge in [-0.1, -0.05) is 6.07 Å². The van der Waals surface area contributed by atoms with Crippen molar-refractivity contribution in [2.75, 3.05) is 18.5 Å². The molecule has 0 heterocycles. The zero-order chi connectivity index (χ0) is 13.1. The molecular formula is C10H13FN2O4. The highest BCUT2D eigenvalue weighted by atomic mass is 19.1. The molecule has 7 heteroatoms. The molecule has 1 aromatic rings. The minimum Gasteiger partial charge on any atom is -0.394 e. The molecule has 1 rings (SSSR count). The number of aliphatic hydroxyl groups excluding tert-OH is 2. The van der Waals surface area contributed by atoms with Gasteiger partial charge in [-0.05, 0) is 13.0 Å². The molecule has 1 aromatic carbocycles. The molecule has 6 nitrogen and oxygen atoms in total. The van der Waals surface area contributed by atoms with E-state index < -0.39 is 35.2 Å². The minimum atomic E-state index is -1.23. The van der Waals surface area contributed by atoms with E-state index in [9.17, 15) is 14.5 Å². The van der Waals surface area contributed by atoms with E-state index in [-0.39, 0.29) is 5.69 Å². The number of halogens is 1. The van der Waals surface area contributed by atoms with Gasteiger partial charge < -0.3 is 15.5 Å². The number of para-hydroxylation sites is 1. The Hall–Kier alpha value is -1.73. The van der Waals surface area contributed by atoms with Gasteiger partial charge in [0.25, 0.3) is 5.69 Å². The molecule has 0 aliphatic heterocycles. The summed E-state index contributed by atoms with van der Waals surface area (Å²) < 4.78 is 13.5. The van der Waals surface area contributed by atoms with Gasteiger partial charge in [0.1, 0.15) is 5.69 Å². The maximum Gasteiger partial charge on any atom is 0.295 e. The summed E-state index contributed by atoms with van der Waals surface area (Å²) in [5.41, 5.74) is -2.02. The predicted molar refractivity (Wildman–Crippen MR) is 59.3 cm³/mol. The highest BCUT2D eigenvalue weighted by Gasteiger charge is 2.27. The second kappa shape index (κ2) is 5.07. The Balaban J connectivity index is 3.17. The quantitative estimate of drug-likeness (QED) is 0.528. The molecule has 17 heavy (non-hydrogen) atoms. The fourth-order valence-corrected chi connectivity index (χ4v) is 1.22. The Morgan fingerprint density at radius 1 is 1.47 bits per heavy atom. The summed E-state index contributed by atoms with van der Waals surface area (Å²) in [5, 5.41) is 31.3. The van der Waals surface area contributed by atoms with Crippen LogP contribution >= 0.6 is 0 Å². The first kappa shape index (κ1) is 13.3. The fourth-order valence-electron chi connectivity index (χ4n) is 1.22. The van der Waals surface area contributed by atoms with Gasteiger partial charge in [-0.15, -0.1) is 0 Å². The molecular weight excluding hydrogens is 231 g/mol. The van der Waals surface area contributed by atoms with Gasteiger partial charge in [-0.3, -0.25) is 10.1 Å². The summed E-state index contributed by atoms with van der Waals surface area (Å²) in [6, 6.07) is 3.42. The highest BCUT2D eigenvalue weighted by molar-refractivity contribution is 5.63. The number of nitro groups is 1. The van der Waals surface area contributed by atoms with Crippen molar-refractivity contribution in [1.82, 2.24) is 0 Å². The van der Waals surface area contributed by atoms with E-state index in [1.807, 2.05) is 0 Å². The summed E-state index contributed by atoms with van der Waals surface area (Å²) in [6.07, 6.45) is 0. The molecule has 0 saturated heterocycles. The molecule has 0 bridgehead atoms. The molecule has 0 radical (unpaired) electrons. The number of hydrogen-bond donors (Lipinski definition) is 3. The van der Waals surface area contributed by atoms with E-state index in [4.69, 9.17) is 10.2 Å². The Kier molecular flexibility index (Phi) is 3.97. The number of nitrogens with one attached hydrogen (secondary N) is 1. The normalized spacial score (nSPS) is 11.3. The van der Waals surface area contributed by atoms with Gasteiger partial charge in [0.2, 0.25) is 0 Å². The van der Waals surface area contributed by atoms with Gasteiger partial charge >= 0.3 is 0 Å². The SMILES string of the molecule is CC(CO)(CO)Nc1c(F)cccc1[N+](=O)[O-]. The lowest BCUT2D eigenvalue weighted by atomic mass is 10.0. The standard InChI is InChI=1S/C10H13FN2O4/c1-10(5-14,6-15)12-9-7(11)3-2-4-8(9)13(16)17/h2-4,12,14-15H,5-6H2,1H3. The average molecular weight is 244 g/mol. The molecule has 0 unspecified atom stereocenters. The maximum absolute atomic E-state index is 13.5. The van der Waals surface area contributed by atoms with Crippen LogP contribution in [0.5, 0.6) is 0 Å². The van der Waals surface area contributed by atoms with Crippen LogP contribution in [-0.4, -0.2) is 33.9 Å². The highest BCUT2D eigenvalue weighted by Crippen LogP contribution is 2.29. The molecule has 0 spiro atoms. The largest absolute Gasteiger partial charge is 0.394 e. The van der Waals surface area contributed by atoms with Crippen molar-refractivity contribution >= 4 is 11.4 Å². The molecule has 0 aromatic heterocycles. The Morgan fingerprint density at radius 3 is 2.53 bits per heavy atom. The third kappa shape index (κ3) is 2.89. The van der Waals surface area contributed by atoms with E-state index in [0.717, 1.165) is 12.1 Å². The fraction of sp³-hybridized carbons (Fsp3) is 0.400. The summed E-state index contributed by atoms with van der Waals surface area (Å²) in [6.45, 7) is 0.438. The van der Waals surface area contributed by atoms with Gasteiger partial charge in [0, 0.05) is 6.07 Å². The maximum atomic E-state index is 13.5. The lowest BCUT2D eigenvalue weighted by Gasteiger charge is -2.27. The summed E-state index contributed by atoms with van der Waals surface area (Å²) in [4.78, 5) is 9.97. The van der Waals surface area contributed by atoms with Crippen molar-refractivity contribution in [2.24, 2.45) is 0 Å². The van der Waals surface area contributed by atoms with Crippen LogP contribution in [0.4, 0.5) is 15.8 Å². The smallest absolute Gasteiger partial charge is 0.295 e. The van der Waals surface area contributed by atoms with Gasteiger partial charge in [0.15, 0.2) is 5.82 Å². The molecule has 0 atom stereocenters. The van der Waals surface area contributed by atoms with Gasteiger partial charge in [-0.2, -0.15) is 0 Å². The number of nitro benzene ring substituents is 1. The Labute approximate surface area is 96.8 Å². The first-order valence-electron chi connectivity index (χ1n) is 4.86. The lowest BCUT2D eigenvalue weighted by molar-refractivity contribution is -0.384. The van der Waals surface area contributed by atoms with E-state index in [1.165, 1.54) is 13.0 Å². The first-order chi connectivity index (χ1) is 7.93. The van der Waals surface area contributed by atoms with E-state index >= 15 is 0 Å². The van der Waals surface area contributed by atoms with Crippen LogP contribution < -0.4 is 5.32 Å². The molecule has 0 amide bonds. The number of benzene rings is 1. The zero-order valence-corrected chi connectivity index (χ0v) is 9.18.